The van der Waals surface area contributed by atoms with Crippen LogP contribution in [0.3, 0.4) is 0 Å². The summed E-state index contributed by atoms with van der Waals surface area (Å²) in [4.78, 5) is 2.20. The van der Waals surface area contributed by atoms with Crippen LogP contribution in [0.4, 0.5) is 0 Å². The Morgan fingerprint density at radius 2 is 1.56 bits per heavy atom. The number of nitrogens with two attached hydrogens (primary N) is 3. The lowest BCUT2D eigenvalue weighted by Gasteiger charge is -2.22. The third kappa shape index (κ3) is 10.9. The van der Waals surface area contributed by atoms with Gasteiger partial charge in [0.2, 0.25) is 0 Å². The van der Waals surface area contributed by atoms with E-state index < -0.39 is 6.23 Å². The maximum absolute atomic E-state index is 9.71. The first-order valence-corrected chi connectivity index (χ1v) is 6.98. The topological polar surface area (TPSA) is 114 Å². The third-order valence-corrected chi connectivity index (χ3v) is 2.88. The lowest BCUT2D eigenvalue weighted by molar-refractivity contribution is 0.119. The minimum Gasteiger partial charge on any atom is -0.379 e. The summed E-state index contributed by atoms with van der Waals surface area (Å²) >= 11 is 0. The fourth-order valence-corrected chi connectivity index (χ4v) is 1.85. The Morgan fingerprint density at radius 3 is 2.11 bits per heavy atom. The highest BCUT2D eigenvalue weighted by Crippen LogP contribution is 2.00. The highest BCUT2D eigenvalue weighted by atomic mass is 16.3. The Balaban J connectivity index is 3.48. The molecular weight excluding hydrogens is 230 g/mol. The highest BCUT2D eigenvalue weighted by Gasteiger charge is 2.05. The van der Waals surface area contributed by atoms with Gasteiger partial charge in [0.1, 0.15) is 6.23 Å². The number of hydrogen-bond donors (Lipinski definition) is 5. The van der Waals surface area contributed by atoms with Crippen LogP contribution in [-0.4, -0.2) is 62.0 Å². The first kappa shape index (κ1) is 17.8. The van der Waals surface area contributed by atoms with Crippen molar-refractivity contribution in [3.8, 4) is 0 Å². The van der Waals surface area contributed by atoms with Crippen molar-refractivity contribution in [3.63, 3.8) is 0 Å². The van der Waals surface area contributed by atoms with Crippen LogP contribution < -0.4 is 22.5 Å². The maximum Gasteiger partial charge on any atom is 0.104 e. The second kappa shape index (κ2) is 13.2. The van der Waals surface area contributed by atoms with E-state index in [4.69, 9.17) is 17.2 Å². The number of nitrogens with one attached hydrogen (secondary N) is 1. The summed E-state index contributed by atoms with van der Waals surface area (Å²) in [6.07, 6.45) is 3.50. The van der Waals surface area contributed by atoms with Gasteiger partial charge in [-0.3, -0.25) is 10.2 Å². The molecule has 0 aromatic heterocycles. The van der Waals surface area contributed by atoms with Gasteiger partial charge in [0.05, 0.1) is 0 Å². The van der Waals surface area contributed by atoms with Crippen molar-refractivity contribution >= 4 is 0 Å². The molecule has 6 nitrogen and oxygen atoms in total. The number of aliphatic hydroxyl groups excluding tert-OH is 1. The molecule has 0 aliphatic heterocycles. The van der Waals surface area contributed by atoms with Gasteiger partial charge in [-0.25, -0.2) is 0 Å². The van der Waals surface area contributed by atoms with Crippen molar-refractivity contribution in [1.82, 2.24) is 10.2 Å². The molecule has 0 aromatic carbocycles. The zero-order valence-corrected chi connectivity index (χ0v) is 11.5. The molecule has 0 heterocycles. The van der Waals surface area contributed by atoms with E-state index in [1.54, 1.807) is 0 Å². The van der Waals surface area contributed by atoms with Crippen molar-refractivity contribution in [1.29, 1.82) is 0 Å². The van der Waals surface area contributed by atoms with Crippen LogP contribution >= 0.6 is 0 Å². The van der Waals surface area contributed by atoms with Gasteiger partial charge < -0.3 is 22.3 Å². The summed E-state index contributed by atoms with van der Waals surface area (Å²) < 4.78 is 0. The van der Waals surface area contributed by atoms with Crippen molar-refractivity contribution < 1.29 is 5.11 Å². The Hall–Kier alpha value is -0.240. The van der Waals surface area contributed by atoms with E-state index in [-0.39, 0.29) is 0 Å². The predicted octanol–water partition coefficient (Wildman–Crippen LogP) is -1.37. The molecule has 1 atom stereocenters. The summed E-state index contributed by atoms with van der Waals surface area (Å²) in [5, 5.41) is 12.8. The molecule has 0 amide bonds. The van der Waals surface area contributed by atoms with Gasteiger partial charge in [0.25, 0.3) is 0 Å². The largest absolute Gasteiger partial charge is 0.379 e. The van der Waals surface area contributed by atoms with Crippen molar-refractivity contribution in [2.75, 3.05) is 45.8 Å². The lowest BCUT2D eigenvalue weighted by atomic mass is 10.2. The van der Waals surface area contributed by atoms with E-state index in [0.29, 0.717) is 13.1 Å². The second-order valence-electron chi connectivity index (χ2n) is 4.53. The molecule has 0 bridgehead atoms. The normalized spacial score (nSPS) is 13.2. The molecule has 8 N–H and O–H groups in total. The van der Waals surface area contributed by atoms with Crippen LogP contribution in [0.1, 0.15) is 25.7 Å². The Kier molecular flexibility index (Phi) is 13.0. The van der Waals surface area contributed by atoms with Gasteiger partial charge in [-0.05, 0) is 25.8 Å². The molecule has 0 spiro atoms. The Morgan fingerprint density at radius 1 is 0.889 bits per heavy atom. The van der Waals surface area contributed by atoms with E-state index >= 15 is 0 Å². The van der Waals surface area contributed by atoms with Crippen LogP contribution in [0.2, 0.25) is 0 Å². The third-order valence-electron chi connectivity index (χ3n) is 2.88. The van der Waals surface area contributed by atoms with Crippen LogP contribution in [-0.2, 0) is 0 Å². The summed E-state index contributed by atoms with van der Waals surface area (Å²) in [6.45, 7) is 5.35. The predicted molar refractivity (Wildman–Crippen MR) is 76.1 cm³/mol. The number of aliphatic hydroxyl groups is 1. The molecule has 6 heteroatoms. The van der Waals surface area contributed by atoms with Gasteiger partial charge in [-0.2, -0.15) is 0 Å². The molecule has 0 fully saturated rings. The van der Waals surface area contributed by atoms with E-state index in [1.807, 2.05) is 0 Å². The lowest BCUT2D eigenvalue weighted by Crippen LogP contribution is -2.41. The SMILES string of the molecule is NCCCCCC(O)NCCN(CCN)CCN. The molecule has 110 valence electrons. The zero-order valence-electron chi connectivity index (χ0n) is 11.5. The van der Waals surface area contributed by atoms with E-state index in [1.165, 1.54) is 0 Å². The van der Waals surface area contributed by atoms with Crippen LogP contribution in [0.5, 0.6) is 0 Å². The molecule has 0 saturated carbocycles. The molecule has 0 saturated heterocycles. The van der Waals surface area contributed by atoms with E-state index in [9.17, 15) is 5.11 Å². The van der Waals surface area contributed by atoms with E-state index in [2.05, 4.69) is 10.2 Å². The van der Waals surface area contributed by atoms with Crippen LogP contribution in [0.15, 0.2) is 0 Å². The van der Waals surface area contributed by atoms with Crippen molar-refractivity contribution in [2.24, 2.45) is 17.2 Å². The van der Waals surface area contributed by atoms with Gasteiger partial charge in [-0.1, -0.05) is 6.42 Å². The average molecular weight is 261 g/mol. The second-order valence-corrected chi connectivity index (χ2v) is 4.53. The number of rotatable bonds is 13. The van der Waals surface area contributed by atoms with Gasteiger partial charge in [-0.15, -0.1) is 0 Å². The number of unbranched alkanes of at least 4 members (excludes halogenated alkanes) is 2. The van der Waals surface area contributed by atoms with Crippen LogP contribution in [0.25, 0.3) is 0 Å². The number of nitrogens with zero attached hydrogens (tertiary/aromatic N) is 1. The molecule has 18 heavy (non-hydrogen) atoms. The minimum atomic E-state index is -0.416. The maximum atomic E-state index is 9.71. The molecule has 0 aliphatic rings. The van der Waals surface area contributed by atoms with Gasteiger partial charge in [0.15, 0.2) is 0 Å². The quantitative estimate of drug-likeness (QED) is 0.206. The number of hydrogen-bond acceptors (Lipinski definition) is 6. The minimum absolute atomic E-state index is 0.416. The highest BCUT2D eigenvalue weighted by molar-refractivity contribution is 4.62. The smallest absolute Gasteiger partial charge is 0.104 e. The van der Waals surface area contributed by atoms with E-state index in [0.717, 1.165) is 58.4 Å². The average Bonchev–Trinajstić information content (AvgIpc) is 2.35. The van der Waals surface area contributed by atoms with Crippen molar-refractivity contribution in [2.45, 2.75) is 31.9 Å². The Bertz CT molecular complexity index is 165. The van der Waals surface area contributed by atoms with Crippen LogP contribution in [0, 0.1) is 0 Å². The van der Waals surface area contributed by atoms with Gasteiger partial charge in [0, 0.05) is 39.3 Å². The first-order chi connectivity index (χ1) is 8.74. The fraction of sp³-hybridized carbons (Fsp3) is 1.00. The monoisotopic (exact) mass is 261 g/mol. The zero-order chi connectivity index (χ0) is 13.6. The fourth-order valence-electron chi connectivity index (χ4n) is 1.85. The van der Waals surface area contributed by atoms with Crippen molar-refractivity contribution in [3.05, 3.63) is 0 Å². The summed E-state index contributed by atoms with van der Waals surface area (Å²) in [7, 11) is 0. The molecule has 0 rings (SSSR count). The first-order valence-electron chi connectivity index (χ1n) is 6.98. The molecule has 1 unspecified atom stereocenters. The molecule has 0 aliphatic carbocycles. The summed E-state index contributed by atoms with van der Waals surface area (Å²) in [6, 6.07) is 0. The molecule has 0 aromatic rings. The summed E-state index contributed by atoms with van der Waals surface area (Å²) in [5.74, 6) is 0. The molecular formula is C12H31N5O. The molecule has 0 radical (unpaired) electrons. The summed E-state index contributed by atoms with van der Waals surface area (Å²) in [5.41, 5.74) is 16.5. The Labute approximate surface area is 111 Å². The standard InChI is InChI=1S/C12H31N5O/c13-5-3-1-2-4-12(18)16-8-11-17(9-6-14)10-7-15/h12,16,18H,1-11,13-15H2. The van der Waals surface area contributed by atoms with Gasteiger partial charge >= 0.3 is 0 Å².